The highest BCUT2D eigenvalue weighted by molar-refractivity contribution is 9.09. The number of halogens is 4. The third kappa shape index (κ3) is 2.76. The third-order valence-electron chi connectivity index (χ3n) is 2.16. The molecule has 3 nitrogen and oxygen atoms in total. The number of hydrogen-bond acceptors (Lipinski definition) is 3. The molecule has 0 N–H and O–H groups in total. The molecule has 0 heterocycles. The van der Waals surface area contributed by atoms with Gasteiger partial charge in [0.1, 0.15) is 6.07 Å². The zero-order valence-corrected chi connectivity index (χ0v) is 10.3. The summed E-state index contributed by atoms with van der Waals surface area (Å²) in [6, 6.07) is 2.70. The summed E-state index contributed by atoms with van der Waals surface area (Å²) >= 11 is 2.81. The predicted molar refractivity (Wildman–Crippen MR) is 59.7 cm³/mol. The van der Waals surface area contributed by atoms with Gasteiger partial charge in [-0.15, -0.1) is 0 Å². The van der Waals surface area contributed by atoms with Crippen LogP contribution in [0.2, 0.25) is 0 Å². The van der Waals surface area contributed by atoms with E-state index in [1.165, 1.54) is 0 Å². The van der Waals surface area contributed by atoms with Gasteiger partial charge in [-0.3, -0.25) is 9.59 Å². The molecule has 1 aromatic carbocycles. The summed E-state index contributed by atoms with van der Waals surface area (Å²) in [5.74, 6) is -0.694. The van der Waals surface area contributed by atoms with Crippen molar-refractivity contribution >= 4 is 28.0 Å². The van der Waals surface area contributed by atoms with Gasteiger partial charge in [0, 0.05) is 11.1 Å². The van der Waals surface area contributed by atoms with Crippen molar-refractivity contribution in [3.63, 3.8) is 0 Å². The quantitative estimate of drug-likeness (QED) is 0.489. The summed E-state index contributed by atoms with van der Waals surface area (Å²) in [5.41, 5.74) is -2.33. The minimum atomic E-state index is -4.69. The molecule has 0 saturated heterocycles. The van der Waals surface area contributed by atoms with Gasteiger partial charge in [0.25, 0.3) is 0 Å². The standard InChI is InChI=1S/C11H5BrF3NO2/c12-3-10(18)8-2-7(11(13,14)15)1-6(5-17)9(8)4-16/h1-2,5H,3H2. The van der Waals surface area contributed by atoms with Crippen LogP contribution >= 0.6 is 15.9 Å². The van der Waals surface area contributed by atoms with Crippen LogP contribution in [0, 0.1) is 11.3 Å². The summed E-state index contributed by atoms with van der Waals surface area (Å²) in [4.78, 5) is 22.1. The fourth-order valence-electron chi connectivity index (χ4n) is 1.34. The Hall–Kier alpha value is -1.68. The number of rotatable bonds is 3. The number of hydrogen-bond donors (Lipinski definition) is 0. The van der Waals surface area contributed by atoms with E-state index in [1.807, 2.05) is 0 Å². The fraction of sp³-hybridized carbons (Fsp3) is 0.182. The number of aldehydes is 1. The van der Waals surface area contributed by atoms with Gasteiger partial charge >= 0.3 is 6.18 Å². The number of nitrogens with zero attached hydrogens (tertiary/aromatic N) is 1. The number of ketones is 1. The van der Waals surface area contributed by atoms with Gasteiger partial charge in [0.15, 0.2) is 12.1 Å². The molecule has 0 saturated carbocycles. The highest BCUT2D eigenvalue weighted by atomic mass is 79.9. The second-order valence-electron chi connectivity index (χ2n) is 3.27. The number of carbonyl (C=O) groups excluding carboxylic acids is 2. The first-order valence-electron chi connectivity index (χ1n) is 4.54. The molecule has 0 aliphatic carbocycles. The molecule has 0 radical (unpaired) electrons. The van der Waals surface area contributed by atoms with Crippen LogP contribution in [0.4, 0.5) is 13.2 Å². The van der Waals surface area contributed by atoms with Crippen LogP contribution in [0.3, 0.4) is 0 Å². The van der Waals surface area contributed by atoms with E-state index in [4.69, 9.17) is 5.26 Å². The molecule has 0 aromatic heterocycles. The Bertz CT molecular complexity index is 546. The monoisotopic (exact) mass is 319 g/mol. The first-order valence-corrected chi connectivity index (χ1v) is 5.67. The largest absolute Gasteiger partial charge is 0.416 e. The van der Waals surface area contributed by atoms with E-state index in [1.54, 1.807) is 6.07 Å². The molecule has 0 amide bonds. The topological polar surface area (TPSA) is 57.9 Å². The van der Waals surface area contributed by atoms with Crippen molar-refractivity contribution in [3.05, 3.63) is 34.4 Å². The normalized spacial score (nSPS) is 10.8. The Balaban J connectivity index is 3.62. The van der Waals surface area contributed by atoms with Crippen LogP contribution in [-0.2, 0) is 6.18 Å². The summed E-state index contributed by atoms with van der Waals surface area (Å²) in [6.07, 6.45) is -4.56. The first kappa shape index (κ1) is 14.4. The average molecular weight is 320 g/mol. The Morgan fingerprint density at radius 2 is 2.06 bits per heavy atom. The van der Waals surface area contributed by atoms with Crippen LogP contribution < -0.4 is 0 Å². The van der Waals surface area contributed by atoms with E-state index < -0.39 is 28.6 Å². The SMILES string of the molecule is N#Cc1c(C=O)cc(C(F)(F)F)cc1C(=O)CBr. The molecule has 0 fully saturated rings. The Morgan fingerprint density at radius 1 is 1.44 bits per heavy atom. The van der Waals surface area contributed by atoms with Crippen LogP contribution in [0.25, 0.3) is 0 Å². The molecule has 1 rings (SSSR count). The van der Waals surface area contributed by atoms with E-state index in [0.717, 1.165) is 0 Å². The lowest BCUT2D eigenvalue weighted by atomic mass is 9.96. The number of carbonyl (C=O) groups is 2. The van der Waals surface area contributed by atoms with Crippen molar-refractivity contribution < 1.29 is 22.8 Å². The van der Waals surface area contributed by atoms with E-state index in [0.29, 0.717) is 12.1 Å². The lowest BCUT2D eigenvalue weighted by molar-refractivity contribution is -0.137. The first-order chi connectivity index (χ1) is 8.35. The maximum absolute atomic E-state index is 12.6. The summed E-state index contributed by atoms with van der Waals surface area (Å²) in [6.45, 7) is 0. The summed E-state index contributed by atoms with van der Waals surface area (Å²) in [5, 5.41) is 8.58. The number of nitriles is 1. The van der Waals surface area contributed by atoms with Crippen molar-refractivity contribution in [3.8, 4) is 6.07 Å². The molecule has 94 valence electrons. The minimum Gasteiger partial charge on any atom is -0.298 e. The molecule has 7 heteroatoms. The molecular weight excluding hydrogens is 315 g/mol. The zero-order valence-electron chi connectivity index (χ0n) is 8.71. The lowest BCUT2D eigenvalue weighted by Crippen LogP contribution is -2.12. The summed E-state index contributed by atoms with van der Waals surface area (Å²) < 4.78 is 37.7. The van der Waals surface area contributed by atoms with Gasteiger partial charge in [-0.25, -0.2) is 0 Å². The van der Waals surface area contributed by atoms with Crippen molar-refractivity contribution in [2.24, 2.45) is 0 Å². The van der Waals surface area contributed by atoms with Crippen LogP contribution in [0.5, 0.6) is 0 Å². The van der Waals surface area contributed by atoms with Gasteiger partial charge in [0.05, 0.1) is 16.5 Å². The van der Waals surface area contributed by atoms with E-state index in [-0.39, 0.29) is 17.2 Å². The maximum atomic E-state index is 12.6. The second kappa shape index (κ2) is 5.31. The average Bonchev–Trinajstić information content (AvgIpc) is 2.34. The van der Waals surface area contributed by atoms with E-state index in [2.05, 4.69) is 15.9 Å². The number of Topliss-reactive ketones (excluding diaryl/α,β-unsaturated/α-hetero) is 1. The van der Waals surface area contributed by atoms with Crippen molar-refractivity contribution in [1.29, 1.82) is 5.26 Å². The maximum Gasteiger partial charge on any atom is 0.416 e. The Morgan fingerprint density at radius 3 is 2.44 bits per heavy atom. The van der Waals surface area contributed by atoms with E-state index in [9.17, 15) is 22.8 Å². The number of alkyl halides is 4. The van der Waals surface area contributed by atoms with Crippen LogP contribution in [0.15, 0.2) is 12.1 Å². The fourth-order valence-corrected chi connectivity index (χ4v) is 1.64. The van der Waals surface area contributed by atoms with Crippen molar-refractivity contribution in [1.82, 2.24) is 0 Å². The van der Waals surface area contributed by atoms with Crippen LogP contribution in [0.1, 0.15) is 31.8 Å². The second-order valence-corrected chi connectivity index (χ2v) is 3.83. The Labute approximate surface area is 108 Å². The predicted octanol–water partition coefficient (Wildman–Crippen LogP) is 2.97. The van der Waals surface area contributed by atoms with Gasteiger partial charge in [-0.1, -0.05) is 15.9 Å². The van der Waals surface area contributed by atoms with Crippen molar-refractivity contribution in [2.45, 2.75) is 6.18 Å². The zero-order chi connectivity index (χ0) is 13.9. The highest BCUT2D eigenvalue weighted by Gasteiger charge is 2.33. The molecular formula is C11H5BrF3NO2. The van der Waals surface area contributed by atoms with Gasteiger partial charge in [-0.2, -0.15) is 18.4 Å². The van der Waals surface area contributed by atoms with Gasteiger partial charge < -0.3 is 0 Å². The smallest absolute Gasteiger partial charge is 0.298 e. The molecule has 0 bridgehead atoms. The Kier molecular flexibility index (Phi) is 4.24. The third-order valence-corrected chi connectivity index (χ3v) is 2.67. The molecule has 0 aliphatic heterocycles. The molecule has 18 heavy (non-hydrogen) atoms. The van der Waals surface area contributed by atoms with Crippen molar-refractivity contribution in [2.75, 3.05) is 5.33 Å². The van der Waals surface area contributed by atoms with Gasteiger partial charge in [0.2, 0.25) is 0 Å². The summed E-state index contributed by atoms with van der Waals surface area (Å²) in [7, 11) is 0. The highest BCUT2D eigenvalue weighted by Crippen LogP contribution is 2.32. The molecule has 0 aliphatic rings. The van der Waals surface area contributed by atoms with Gasteiger partial charge in [-0.05, 0) is 12.1 Å². The molecule has 1 aromatic rings. The van der Waals surface area contributed by atoms with E-state index >= 15 is 0 Å². The molecule has 0 atom stereocenters. The lowest BCUT2D eigenvalue weighted by Gasteiger charge is -2.11. The van der Waals surface area contributed by atoms with Crippen LogP contribution in [-0.4, -0.2) is 17.4 Å². The number of benzene rings is 1. The molecule has 0 unspecified atom stereocenters. The minimum absolute atomic E-state index is 0.124. The molecule has 0 spiro atoms.